The molecule has 1 amide bonds. The van der Waals surface area contributed by atoms with E-state index in [0.29, 0.717) is 12.1 Å². The molecule has 0 atom stereocenters. The van der Waals surface area contributed by atoms with Gasteiger partial charge in [0.05, 0.1) is 0 Å². The van der Waals surface area contributed by atoms with Gasteiger partial charge in [0.1, 0.15) is 5.82 Å². The number of thiazole rings is 1. The van der Waals surface area contributed by atoms with Crippen molar-refractivity contribution >= 4 is 17.2 Å². The molecule has 0 spiro atoms. The lowest BCUT2D eigenvalue weighted by Crippen LogP contribution is -2.26. The van der Waals surface area contributed by atoms with Gasteiger partial charge in [-0.2, -0.15) is 0 Å². The molecule has 0 aliphatic rings. The highest BCUT2D eigenvalue weighted by atomic mass is 32.1. The van der Waals surface area contributed by atoms with Gasteiger partial charge in [-0.05, 0) is 31.0 Å². The monoisotopic (exact) mass is 308 g/mol. The molecule has 2 aromatic rings. The van der Waals surface area contributed by atoms with Crippen LogP contribution in [0.25, 0.3) is 0 Å². The van der Waals surface area contributed by atoms with Crippen LogP contribution in [0.15, 0.2) is 28.4 Å². The smallest absolute Gasteiger partial charge is 0.307 e. The van der Waals surface area contributed by atoms with Gasteiger partial charge >= 0.3 is 4.87 Å². The molecular weight excluding hydrogens is 291 g/mol. The highest BCUT2D eigenvalue weighted by Gasteiger charge is 2.07. The van der Waals surface area contributed by atoms with Crippen molar-refractivity contribution in [2.75, 3.05) is 0 Å². The fraction of sp³-hybridized carbons (Fsp3) is 0.333. The van der Waals surface area contributed by atoms with E-state index in [9.17, 15) is 14.0 Å². The molecule has 6 heteroatoms. The molecule has 0 saturated carbocycles. The van der Waals surface area contributed by atoms with E-state index in [0.717, 1.165) is 22.6 Å². The van der Waals surface area contributed by atoms with E-state index in [4.69, 9.17) is 0 Å². The van der Waals surface area contributed by atoms with E-state index in [1.54, 1.807) is 29.0 Å². The Morgan fingerprint density at radius 1 is 1.38 bits per heavy atom. The second-order valence-electron chi connectivity index (χ2n) is 4.90. The van der Waals surface area contributed by atoms with Crippen molar-refractivity contribution in [1.29, 1.82) is 0 Å². The summed E-state index contributed by atoms with van der Waals surface area (Å²) in [5.74, 6) is -0.435. The number of aryl methyl sites for hydroxylation is 2. The number of aromatic nitrogens is 1. The van der Waals surface area contributed by atoms with Crippen molar-refractivity contribution in [3.63, 3.8) is 0 Å². The van der Waals surface area contributed by atoms with Crippen LogP contribution in [0.5, 0.6) is 0 Å². The van der Waals surface area contributed by atoms with Gasteiger partial charge in [0.15, 0.2) is 0 Å². The first-order valence-electron chi connectivity index (χ1n) is 6.64. The van der Waals surface area contributed by atoms with Gasteiger partial charge in [-0.25, -0.2) is 4.39 Å². The van der Waals surface area contributed by atoms with E-state index in [-0.39, 0.29) is 29.6 Å². The molecule has 0 aliphatic heterocycles. The number of carbonyl (C=O) groups excluding carboxylic acids is 1. The topological polar surface area (TPSA) is 51.1 Å². The molecule has 0 bridgehead atoms. The van der Waals surface area contributed by atoms with Crippen LogP contribution in [0.1, 0.15) is 23.2 Å². The van der Waals surface area contributed by atoms with Crippen molar-refractivity contribution in [2.45, 2.75) is 33.4 Å². The number of nitrogens with zero attached hydrogens (tertiary/aromatic N) is 1. The minimum absolute atomic E-state index is 0.0547. The Morgan fingerprint density at radius 2 is 2.14 bits per heavy atom. The zero-order valence-corrected chi connectivity index (χ0v) is 12.8. The van der Waals surface area contributed by atoms with Crippen molar-refractivity contribution in [3.8, 4) is 0 Å². The lowest BCUT2D eigenvalue weighted by atomic mass is 10.1. The fourth-order valence-electron chi connectivity index (χ4n) is 1.92. The van der Waals surface area contributed by atoms with Gasteiger partial charge in [0.2, 0.25) is 5.91 Å². The SMILES string of the molecule is Cc1ccc(CNC(=O)CCn2c(C)csc2=O)cc1F. The third-order valence-electron chi connectivity index (χ3n) is 3.26. The summed E-state index contributed by atoms with van der Waals surface area (Å²) < 4.78 is 15.0. The molecule has 0 fully saturated rings. The molecule has 112 valence electrons. The summed E-state index contributed by atoms with van der Waals surface area (Å²) in [5.41, 5.74) is 2.16. The maximum absolute atomic E-state index is 13.4. The average molecular weight is 308 g/mol. The Hall–Kier alpha value is -1.95. The number of carbonyl (C=O) groups is 1. The molecule has 1 heterocycles. The van der Waals surface area contributed by atoms with Crippen LogP contribution in [0.4, 0.5) is 4.39 Å². The highest BCUT2D eigenvalue weighted by Crippen LogP contribution is 2.09. The van der Waals surface area contributed by atoms with Crippen LogP contribution in [-0.4, -0.2) is 10.5 Å². The van der Waals surface area contributed by atoms with Crippen LogP contribution < -0.4 is 10.2 Å². The van der Waals surface area contributed by atoms with Crippen molar-refractivity contribution in [1.82, 2.24) is 9.88 Å². The number of nitrogens with one attached hydrogen (secondary N) is 1. The summed E-state index contributed by atoms with van der Waals surface area (Å²) >= 11 is 1.13. The van der Waals surface area contributed by atoms with Gasteiger partial charge in [0, 0.05) is 30.6 Å². The quantitative estimate of drug-likeness (QED) is 0.922. The summed E-state index contributed by atoms with van der Waals surface area (Å²) in [6.45, 7) is 4.18. The van der Waals surface area contributed by atoms with Crippen LogP contribution in [0.2, 0.25) is 0 Å². The van der Waals surface area contributed by atoms with Gasteiger partial charge in [0.25, 0.3) is 0 Å². The van der Waals surface area contributed by atoms with E-state index in [2.05, 4.69) is 5.32 Å². The van der Waals surface area contributed by atoms with Gasteiger partial charge in [-0.3, -0.25) is 9.59 Å². The molecule has 4 nitrogen and oxygen atoms in total. The molecular formula is C15H17FN2O2S. The Morgan fingerprint density at radius 3 is 2.76 bits per heavy atom. The minimum atomic E-state index is -0.276. The number of amides is 1. The normalized spacial score (nSPS) is 10.6. The zero-order valence-electron chi connectivity index (χ0n) is 12.0. The predicted octanol–water partition coefficient (Wildman–Crippen LogP) is 2.37. The lowest BCUT2D eigenvalue weighted by Gasteiger charge is -2.07. The number of rotatable bonds is 5. The first-order valence-corrected chi connectivity index (χ1v) is 7.52. The molecule has 0 unspecified atom stereocenters. The van der Waals surface area contributed by atoms with E-state index < -0.39 is 0 Å². The van der Waals surface area contributed by atoms with Crippen molar-refractivity contribution < 1.29 is 9.18 Å². The minimum Gasteiger partial charge on any atom is -0.352 e. The highest BCUT2D eigenvalue weighted by molar-refractivity contribution is 7.07. The maximum Gasteiger partial charge on any atom is 0.307 e. The summed E-state index contributed by atoms with van der Waals surface area (Å²) in [6.07, 6.45) is 0.228. The second-order valence-corrected chi connectivity index (χ2v) is 5.73. The Bertz CT molecular complexity index is 706. The molecule has 0 saturated heterocycles. The van der Waals surface area contributed by atoms with E-state index in [1.807, 2.05) is 6.92 Å². The van der Waals surface area contributed by atoms with Gasteiger partial charge in [-0.1, -0.05) is 23.5 Å². The summed E-state index contributed by atoms with van der Waals surface area (Å²) in [7, 11) is 0. The lowest BCUT2D eigenvalue weighted by molar-refractivity contribution is -0.121. The second kappa shape index (κ2) is 6.67. The first-order chi connectivity index (χ1) is 9.97. The summed E-state index contributed by atoms with van der Waals surface area (Å²) in [4.78, 5) is 23.2. The molecule has 1 aromatic carbocycles. The van der Waals surface area contributed by atoms with Crippen LogP contribution >= 0.6 is 11.3 Å². The Kier molecular flexibility index (Phi) is 4.90. The van der Waals surface area contributed by atoms with Crippen molar-refractivity contribution in [3.05, 3.63) is 55.9 Å². The Balaban J connectivity index is 1.85. The fourth-order valence-corrected chi connectivity index (χ4v) is 2.68. The average Bonchev–Trinajstić information content (AvgIpc) is 2.77. The zero-order chi connectivity index (χ0) is 15.4. The number of hydrogen-bond acceptors (Lipinski definition) is 3. The summed E-state index contributed by atoms with van der Waals surface area (Å²) in [6, 6.07) is 4.89. The molecule has 0 aliphatic carbocycles. The molecule has 1 aromatic heterocycles. The predicted molar refractivity (Wildman–Crippen MR) is 80.9 cm³/mol. The summed E-state index contributed by atoms with van der Waals surface area (Å²) in [5, 5.41) is 4.50. The standard InChI is InChI=1S/C15H17FN2O2S/c1-10-3-4-12(7-13(10)16)8-17-14(19)5-6-18-11(2)9-21-15(18)20/h3-4,7,9H,5-6,8H2,1-2H3,(H,17,19). The van der Waals surface area contributed by atoms with Gasteiger partial charge < -0.3 is 9.88 Å². The van der Waals surface area contributed by atoms with Crippen LogP contribution in [0.3, 0.4) is 0 Å². The Labute approximate surface area is 126 Å². The molecule has 1 N–H and O–H groups in total. The number of halogens is 1. The number of hydrogen-bond donors (Lipinski definition) is 1. The molecule has 0 radical (unpaired) electrons. The first kappa shape index (κ1) is 15.4. The molecule has 2 rings (SSSR count). The van der Waals surface area contributed by atoms with Crippen LogP contribution in [-0.2, 0) is 17.9 Å². The van der Waals surface area contributed by atoms with Crippen molar-refractivity contribution in [2.24, 2.45) is 0 Å². The van der Waals surface area contributed by atoms with E-state index >= 15 is 0 Å². The molecule has 21 heavy (non-hydrogen) atoms. The van der Waals surface area contributed by atoms with E-state index in [1.165, 1.54) is 6.07 Å². The number of benzene rings is 1. The van der Waals surface area contributed by atoms with Crippen LogP contribution in [0, 0.1) is 19.7 Å². The van der Waals surface area contributed by atoms with Gasteiger partial charge in [-0.15, -0.1) is 0 Å². The third-order valence-corrected chi connectivity index (χ3v) is 4.15. The maximum atomic E-state index is 13.4. The largest absolute Gasteiger partial charge is 0.352 e. The third kappa shape index (κ3) is 4.01.